The van der Waals surface area contributed by atoms with Gasteiger partial charge in [0.15, 0.2) is 0 Å². The van der Waals surface area contributed by atoms with E-state index in [1.807, 2.05) is 0 Å². The third kappa shape index (κ3) is 13.0. The summed E-state index contributed by atoms with van der Waals surface area (Å²) < 4.78 is 19.9. The highest BCUT2D eigenvalue weighted by molar-refractivity contribution is 5.92. The van der Waals surface area contributed by atoms with Crippen LogP contribution in [0.4, 0.5) is 11.4 Å². The second-order valence-corrected chi connectivity index (χ2v) is 9.06. The molecular weight excluding hydrogens is 556 g/mol. The van der Waals surface area contributed by atoms with Crippen molar-refractivity contribution in [3.8, 4) is 0 Å². The van der Waals surface area contributed by atoms with Crippen LogP contribution in [-0.2, 0) is 35.0 Å². The third-order valence-electron chi connectivity index (χ3n) is 5.56. The molecule has 0 saturated carbocycles. The minimum absolute atomic E-state index is 0.0270. The summed E-state index contributed by atoms with van der Waals surface area (Å²) in [6.07, 6.45) is 0.334. The molecule has 0 spiro atoms. The fourth-order valence-electron chi connectivity index (χ4n) is 3.45. The number of esters is 3. The van der Waals surface area contributed by atoms with Crippen LogP contribution >= 0.6 is 0 Å². The van der Waals surface area contributed by atoms with Gasteiger partial charge in [0.1, 0.15) is 25.6 Å². The average Bonchev–Trinajstić information content (AvgIpc) is 2.99. The number of ketones is 1. The Labute approximate surface area is 250 Å². The molecule has 0 bridgehead atoms. The summed E-state index contributed by atoms with van der Waals surface area (Å²) in [5, 5.41) is 5.57. The van der Waals surface area contributed by atoms with E-state index in [0.29, 0.717) is 35.4 Å². The van der Waals surface area contributed by atoms with Crippen molar-refractivity contribution in [3.05, 3.63) is 95.1 Å². The number of benzene rings is 3. The van der Waals surface area contributed by atoms with Gasteiger partial charge in [-0.15, -0.1) is 0 Å². The molecule has 0 fully saturated rings. The summed E-state index contributed by atoms with van der Waals surface area (Å²) in [7, 11) is 3.33. The summed E-state index contributed by atoms with van der Waals surface area (Å²) >= 11 is 0. The van der Waals surface area contributed by atoms with Crippen LogP contribution < -0.4 is 10.6 Å². The number of methoxy groups -OCH3 is 1. The van der Waals surface area contributed by atoms with Crippen LogP contribution in [0.25, 0.3) is 0 Å². The number of hydrogen-bond donors (Lipinski definition) is 2. The van der Waals surface area contributed by atoms with Crippen LogP contribution in [0, 0.1) is 0 Å². The number of carbonyl (C=O) groups excluding carboxylic acids is 5. The number of amides is 1. The normalized spacial score (nSPS) is 9.95. The van der Waals surface area contributed by atoms with Gasteiger partial charge in [-0.05, 0) is 73.2 Å². The molecule has 0 unspecified atom stereocenters. The lowest BCUT2D eigenvalue weighted by molar-refractivity contribution is -0.116. The van der Waals surface area contributed by atoms with E-state index in [4.69, 9.17) is 18.9 Å². The van der Waals surface area contributed by atoms with Crippen LogP contribution in [0.1, 0.15) is 50.5 Å². The first-order valence-corrected chi connectivity index (χ1v) is 13.4. The van der Waals surface area contributed by atoms with Gasteiger partial charge in [0, 0.05) is 38.9 Å². The van der Waals surface area contributed by atoms with Crippen molar-refractivity contribution in [2.45, 2.75) is 20.3 Å². The van der Waals surface area contributed by atoms with Gasteiger partial charge in [-0.3, -0.25) is 9.59 Å². The molecule has 1 amide bonds. The molecule has 0 radical (unpaired) electrons. The molecule has 0 saturated heterocycles. The molecule has 0 aliphatic rings. The Balaban J connectivity index is 0.000000329. The fraction of sp³-hybridized carbons (Fsp3) is 0.281. The third-order valence-corrected chi connectivity index (χ3v) is 5.56. The molecule has 0 aliphatic heterocycles. The average molecular weight is 593 g/mol. The highest BCUT2D eigenvalue weighted by Crippen LogP contribution is 2.11. The number of Topliss-reactive ketones (excluding diaryl/α,β-unsaturated/α-hetero) is 1. The number of nitrogens with one attached hydrogen (secondary N) is 2. The lowest BCUT2D eigenvalue weighted by Crippen LogP contribution is -2.14. The van der Waals surface area contributed by atoms with Crippen LogP contribution in [0.5, 0.6) is 0 Å². The number of carbonyl (C=O) groups is 5. The molecule has 228 valence electrons. The largest absolute Gasteiger partial charge is 0.460 e. The minimum Gasteiger partial charge on any atom is -0.460 e. The fourth-order valence-corrected chi connectivity index (χ4v) is 3.45. The monoisotopic (exact) mass is 592 g/mol. The molecule has 3 rings (SSSR count). The Morgan fingerprint density at radius 2 is 0.977 bits per heavy atom. The minimum atomic E-state index is -0.506. The summed E-state index contributed by atoms with van der Waals surface area (Å²) in [4.78, 5) is 57.1. The van der Waals surface area contributed by atoms with Gasteiger partial charge in [-0.2, -0.15) is 0 Å². The van der Waals surface area contributed by atoms with Gasteiger partial charge in [0.25, 0.3) is 0 Å². The topological polar surface area (TPSA) is 146 Å². The van der Waals surface area contributed by atoms with E-state index in [1.54, 1.807) is 79.8 Å². The van der Waals surface area contributed by atoms with Crippen LogP contribution in [0.15, 0.2) is 72.8 Å². The molecule has 0 aliphatic carbocycles. The molecule has 0 atom stereocenters. The Hall–Kier alpha value is -5.03. The first-order valence-electron chi connectivity index (χ1n) is 13.4. The van der Waals surface area contributed by atoms with Gasteiger partial charge < -0.3 is 29.6 Å². The zero-order chi connectivity index (χ0) is 31.6. The van der Waals surface area contributed by atoms with Crippen LogP contribution in [0.2, 0.25) is 0 Å². The summed E-state index contributed by atoms with van der Waals surface area (Å²) in [5.41, 5.74) is 3.63. The highest BCUT2D eigenvalue weighted by atomic mass is 16.6. The summed E-state index contributed by atoms with van der Waals surface area (Å²) in [6, 6.07) is 20.0. The molecule has 3 aromatic carbocycles. The SMILES string of the molecule is CNc1ccc(C(=O)OCCOC(=O)c2ccc(CC(C)=O)cc2)cc1.COCCOC(=O)c1ccc(NC(C)=O)cc1. The van der Waals surface area contributed by atoms with E-state index in [1.165, 1.54) is 21.0 Å². The van der Waals surface area contributed by atoms with Crippen molar-refractivity contribution in [2.75, 3.05) is 51.2 Å². The molecular formula is C32H36N2O9. The van der Waals surface area contributed by atoms with E-state index in [-0.39, 0.29) is 31.5 Å². The van der Waals surface area contributed by atoms with E-state index < -0.39 is 17.9 Å². The smallest absolute Gasteiger partial charge is 0.338 e. The predicted molar refractivity (Wildman–Crippen MR) is 160 cm³/mol. The maximum Gasteiger partial charge on any atom is 0.338 e. The van der Waals surface area contributed by atoms with Crippen molar-refractivity contribution >= 4 is 41.0 Å². The zero-order valence-electron chi connectivity index (χ0n) is 24.6. The quantitative estimate of drug-likeness (QED) is 0.167. The predicted octanol–water partition coefficient (Wildman–Crippen LogP) is 4.32. The second kappa shape index (κ2) is 18.4. The first-order chi connectivity index (χ1) is 20.6. The Bertz CT molecular complexity index is 1350. The van der Waals surface area contributed by atoms with Gasteiger partial charge in [-0.1, -0.05) is 12.1 Å². The van der Waals surface area contributed by atoms with Crippen LogP contribution in [-0.4, -0.2) is 70.2 Å². The van der Waals surface area contributed by atoms with Gasteiger partial charge >= 0.3 is 17.9 Å². The lowest BCUT2D eigenvalue weighted by Gasteiger charge is -2.07. The van der Waals surface area contributed by atoms with E-state index in [2.05, 4.69) is 10.6 Å². The second-order valence-electron chi connectivity index (χ2n) is 9.06. The van der Waals surface area contributed by atoms with Crippen molar-refractivity contribution in [1.29, 1.82) is 0 Å². The maximum absolute atomic E-state index is 11.9. The molecule has 0 heterocycles. The maximum atomic E-state index is 11.9. The van der Waals surface area contributed by atoms with E-state index >= 15 is 0 Å². The molecule has 11 heteroatoms. The lowest BCUT2D eigenvalue weighted by atomic mass is 10.1. The van der Waals surface area contributed by atoms with Crippen LogP contribution in [0.3, 0.4) is 0 Å². The first kappa shape index (κ1) is 34.2. The van der Waals surface area contributed by atoms with Gasteiger partial charge in [0.05, 0.1) is 23.3 Å². The van der Waals surface area contributed by atoms with Crippen molar-refractivity contribution in [1.82, 2.24) is 0 Å². The van der Waals surface area contributed by atoms with Crippen molar-refractivity contribution in [3.63, 3.8) is 0 Å². The molecule has 0 aromatic heterocycles. The Morgan fingerprint density at radius 3 is 1.35 bits per heavy atom. The Morgan fingerprint density at radius 1 is 0.581 bits per heavy atom. The number of anilines is 2. The van der Waals surface area contributed by atoms with E-state index in [9.17, 15) is 24.0 Å². The number of ether oxygens (including phenoxy) is 4. The molecule has 43 heavy (non-hydrogen) atoms. The standard InChI is InChI=1S/C20H21NO5.C12H15NO4/c1-14(22)13-15-3-5-16(6-4-15)19(23)25-11-12-26-20(24)17-7-9-18(21-2)10-8-17;1-9(14)13-11-5-3-10(4-6-11)12(15)17-8-7-16-2/h3-10,21H,11-13H2,1-2H3;3-6H,7-8H2,1-2H3,(H,13,14). The summed E-state index contributed by atoms with van der Waals surface area (Å²) in [5.74, 6) is -1.48. The number of rotatable bonds is 13. The Kier molecular flexibility index (Phi) is 14.6. The van der Waals surface area contributed by atoms with E-state index in [0.717, 1.165) is 11.3 Å². The van der Waals surface area contributed by atoms with Gasteiger partial charge in [-0.25, -0.2) is 14.4 Å². The molecule has 2 N–H and O–H groups in total. The van der Waals surface area contributed by atoms with Gasteiger partial charge in [0.2, 0.25) is 5.91 Å². The highest BCUT2D eigenvalue weighted by Gasteiger charge is 2.10. The number of hydrogen-bond acceptors (Lipinski definition) is 10. The summed E-state index contributed by atoms with van der Waals surface area (Å²) in [6.45, 7) is 3.47. The van der Waals surface area contributed by atoms with Crippen molar-refractivity contribution < 1.29 is 42.9 Å². The molecule has 11 nitrogen and oxygen atoms in total. The molecule has 3 aromatic rings. The zero-order valence-corrected chi connectivity index (χ0v) is 24.6. The van der Waals surface area contributed by atoms with Crippen molar-refractivity contribution in [2.24, 2.45) is 0 Å².